The van der Waals surface area contributed by atoms with Crippen LogP contribution >= 0.6 is 0 Å². The van der Waals surface area contributed by atoms with Crippen LogP contribution in [-0.2, 0) is 11.3 Å². The van der Waals surface area contributed by atoms with Crippen molar-refractivity contribution in [2.45, 2.75) is 19.4 Å². The summed E-state index contributed by atoms with van der Waals surface area (Å²) in [6, 6.07) is 20.1. The van der Waals surface area contributed by atoms with E-state index >= 15 is 0 Å². The van der Waals surface area contributed by atoms with Crippen LogP contribution in [0.5, 0.6) is 0 Å². The van der Waals surface area contributed by atoms with Gasteiger partial charge in [0.15, 0.2) is 0 Å². The molecule has 0 saturated carbocycles. The summed E-state index contributed by atoms with van der Waals surface area (Å²) in [6.45, 7) is 1.26. The molecule has 2 amide bonds. The van der Waals surface area contributed by atoms with Crippen LogP contribution in [0.2, 0.25) is 0 Å². The van der Waals surface area contributed by atoms with Gasteiger partial charge in [-0.3, -0.25) is 9.59 Å². The summed E-state index contributed by atoms with van der Waals surface area (Å²) in [5.74, 6) is -0.542. The summed E-state index contributed by atoms with van der Waals surface area (Å²) in [6.07, 6.45) is 1.22. The van der Waals surface area contributed by atoms with Crippen LogP contribution in [0.15, 0.2) is 66.7 Å². The third-order valence-electron chi connectivity index (χ3n) is 5.58. The highest BCUT2D eigenvalue weighted by molar-refractivity contribution is 6.07. The number of nitrogens with zero attached hydrogens (tertiary/aromatic N) is 1. The predicted molar refractivity (Wildman–Crippen MR) is 111 cm³/mol. The minimum absolute atomic E-state index is 0.00650. The molecule has 29 heavy (non-hydrogen) atoms. The number of nitrogens with one attached hydrogen (secondary N) is 1. The minimum atomic E-state index is -0.316. The Morgan fingerprint density at radius 2 is 1.62 bits per heavy atom. The zero-order valence-corrected chi connectivity index (χ0v) is 16.1. The fourth-order valence-corrected chi connectivity index (χ4v) is 3.90. The molecule has 1 saturated heterocycles. The Bertz CT molecular complexity index is 1040. The lowest BCUT2D eigenvalue weighted by Crippen LogP contribution is -2.43. The normalized spacial score (nSPS) is 14.7. The summed E-state index contributed by atoms with van der Waals surface area (Å²) >= 11 is 0. The first-order valence-electron chi connectivity index (χ1n) is 9.91. The molecule has 4 rings (SSSR count). The number of halogens is 1. The number of hydrogen-bond donors (Lipinski definition) is 1. The summed E-state index contributed by atoms with van der Waals surface area (Å²) in [5, 5.41) is 4.82. The van der Waals surface area contributed by atoms with E-state index < -0.39 is 0 Å². The fourth-order valence-electron chi connectivity index (χ4n) is 3.90. The van der Waals surface area contributed by atoms with E-state index in [0.717, 1.165) is 10.8 Å². The standard InChI is InChI=1S/C24H23FN2O2/c25-22-11-4-2-7-19(22)16-26-23(28)18-12-14-27(15-13-18)24(29)21-10-5-8-17-6-1-3-9-20(17)21/h1-11,18H,12-16H2,(H,26,28). The van der Waals surface area contributed by atoms with Crippen molar-refractivity contribution in [1.82, 2.24) is 10.2 Å². The zero-order chi connectivity index (χ0) is 20.2. The van der Waals surface area contributed by atoms with E-state index in [1.165, 1.54) is 6.07 Å². The second-order valence-corrected chi connectivity index (χ2v) is 7.40. The number of fused-ring (bicyclic) bond motifs is 1. The molecular weight excluding hydrogens is 367 g/mol. The molecule has 0 bridgehead atoms. The summed E-state index contributed by atoms with van der Waals surface area (Å²) in [5.41, 5.74) is 1.18. The van der Waals surface area contributed by atoms with Crippen molar-refractivity contribution >= 4 is 22.6 Å². The van der Waals surface area contributed by atoms with E-state index in [0.29, 0.717) is 37.1 Å². The Hall–Kier alpha value is -3.21. The van der Waals surface area contributed by atoms with Crippen LogP contribution in [0, 0.1) is 11.7 Å². The van der Waals surface area contributed by atoms with E-state index in [1.54, 1.807) is 18.2 Å². The van der Waals surface area contributed by atoms with Crippen molar-refractivity contribution in [3.63, 3.8) is 0 Å². The van der Waals surface area contributed by atoms with E-state index in [-0.39, 0.29) is 30.1 Å². The van der Waals surface area contributed by atoms with E-state index in [9.17, 15) is 14.0 Å². The second kappa shape index (κ2) is 8.43. The number of carbonyl (C=O) groups excluding carboxylic acids is 2. The highest BCUT2D eigenvalue weighted by Gasteiger charge is 2.28. The molecule has 0 spiro atoms. The largest absolute Gasteiger partial charge is 0.352 e. The van der Waals surface area contributed by atoms with Gasteiger partial charge in [0.25, 0.3) is 5.91 Å². The molecule has 0 unspecified atom stereocenters. The molecule has 0 aromatic heterocycles. The number of rotatable bonds is 4. The van der Waals surface area contributed by atoms with E-state index in [4.69, 9.17) is 0 Å². The smallest absolute Gasteiger partial charge is 0.254 e. The van der Waals surface area contributed by atoms with Gasteiger partial charge in [-0.15, -0.1) is 0 Å². The maximum absolute atomic E-state index is 13.7. The Labute approximate surface area is 169 Å². The maximum Gasteiger partial charge on any atom is 0.254 e. The molecule has 0 aliphatic carbocycles. The molecule has 3 aromatic carbocycles. The van der Waals surface area contributed by atoms with Gasteiger partial charge in [0.05, 0.1) is 0 Å². The average molecular weight is 390 g/mol. The van der Waals surface area contributed by atoms with Crippen molar-refractivity contribution in [3.05, 3.63) is 83.7 Å². The van der Waals surface area contributed by atoms with Crippen molar-refractivity contribution in [2.75, 3.05) is 13.1 Å². The van der Waals surface area contributed by atoms with Gasteiger partial charge in [-0.25, -0.2) is 4.39 Å². The van der Waals surface area contributed by atoms with Gasteiger partial charge < -0.3 is 10.2 Å². The molecule has 0 radical (unpaired) electrons. The summed E-state index contributed by atoms with van der Waals surface area (Å²) in [4.78, 5) is 27.3. The minimum Gasteiger partial charge on any atom is -0.352 e. The average Bonchev–Trinajstić information content (AvgIpc) is 2.77. The van der Waals surface area contributed by atoms with Crippen LogP contribution < -0.4 is 5.32 Å². The van der Waals surface area contributed by atoms with Gasteiger partial charge in [-0.2, -0.15) is 0 Å². The Balaban J connectivity index is 1.36. The lowest BCUT2D eigenvalue weighted by atomic mass is 9.94. The number of carbonyl (C=O) groups is 2. The number of amides is 2. The Morgan fingerprint density at radius 3 is 2.41 bits per heavy atom. The van der Waals surface area contributed by atoms with Crippen LogP contribution in [-0.4, -0.2) is 29.8 Å². The van der Waals surface area contributed by atoms with E-state index in [1.807, 2.05) is 47.4 Å². The Morgan fingerprint density at radius 1 is 0.931 bits per heavy atom. The van der Waals surface area contributed by atoms with Crippen LogP contribution in [0.1, 0.15) is 28.8 Å². The first-order valence-corrected chi connectivity index (χ1v) is 9.91. The predicted octanol–water partition coefficient (Wildman–Crippen LogP) is 4.15. The molecule has 5 heteroatoms. The third kappa shape index (κ3) is 4.14. The molecule has 0 atom stereocenters. The van der Waals surface area contributed by atoms with Crippen molar-refractivity contribution in [1.29, 1.82) is 0 Å². The highest BCUT2D eigenvalue weighted by atomic mass is 19.1. The third-order valence-corrected chi connectivity index (χ3v) is 5.58. The molecular formula is C24H23FN2O2. The number of likely N-dealkylation sites (tertiary alicyclic amines) is 1. The topological polar surface area (TPSA) is 49.4 Å². The van der Waals surface area contributed by atoms with E-state index in [2.05, 4.69) is 5.32 Å². The zero-order valence-electron chi connectivity index (χ0n) is 16.1. The monoisotopic (exact) mass is 390 g/mol. The first kappa shape index (κ1) is 19.1. The Kier molecular flexibility index (Phi) is 5.56. The van der Waals surface area contributed by atoms with Gasteiger partial charge in [0, 0.05) is 36.7 Å². The van der Waals surface area contributed by atoms with Crippen molar-refractivity contribution in [2.24, 2.45) is 5.92 Å². The van der Waals surface area contributed by atoms with Crippen molar-refractivity contribution in [3.8, 4) is 0 Å². The van der Waals surface area contributed by atoms with Crippen LogP contribution in [0.3, 0.4) is 0 Å². The van der Waals surface area contributed by atoms with Crippen LogP contribution in [0.4, 0.5) is 4.39 Å². The molecule has 1 fully saturated rings. The highest BCUT2D eigenvalue weighted by Crippen LogP contribution is 2.24. The van der Waals surface area contributed by atoms with Gasteiger partial charge in [-0.05, 0) is 35.7 Å². The maximum atomic E-state index is 13.7. The van der Waals surface area contributed by atoms with Crippen molar-refractivity contribution < 1.29 is 14.0 Å². The molecule has 3 aromatic rings. The van der Waals surface area contributed by atoms with Gasteiger partial charge in [0.2, 0.25) is 5.91 Å². The lowest BCUT2D eigenvalue weighted by Gasteiger charge is -2.31. The molecule has 4 nitrogen and oxygen atoms in total. The number of benzene rings is 3. The first-order chi connectivity index (χ1) is 14.1. The summed E-state index contributed by atoms with van der Waals surface area (Å²) < 4.78 is 13.7. The summed E-state index contributed by atoms with van der Waals surface area (Å²) in [7, 11) is 0. The van der Waals surface area contributed by atoms with Gasteiger partial charge in [-0.1, -0.05) is 54.6 Å². The number of hydrogen-bond acceptors (Lipinski definition) is 2. The number of piperidine rings is 1. The van der Waals surface area contributed by atoms with Crippen LogP contribution in [0.25, 0.3) is 10.8 Å². The molecule has 1 N–H and O–H groups in total. The SMILES string of the molecule is O=C(NCc1ccccc1F)C1CCN(C(=O)c2cccc3ccccc23)CC1. The fraction of sp³-hybridized carbons (Fsp3) is 0.250. The molecule has 1 heterocycles. The second-order valence-electron chi connectivity index (χ2n) is 7.40. The molecule has 148 valence electrons. The lowest BCUT2D eigenvalue weighted by molar-refractivity contribution is -0.126. The quantitative estimate of drug-likeness (QED) is 0.728. The van der Waals surface area contributed by atoms with Gasteiger partial charge in [0.1, 0.15) is 5.82 Å². The molecule has 1 aliphatic rings. The molecule has 1 aliphatic heterocycles. The van der Waals surface area contributed by atoms with Gasteiger partial charge >= 0.3 is 0 Å².